The van der Waals surface area contributed by atoms with Gasteiger partial charge >= 0.3 is 0 Å². The van der Waals surface area contributed by atoms with Crippen LogP contribution in [0.25, 0.3) is 0 Å². The first-order valence-corrected chi connectivity index (χ1v) is 6.34. The van der Waals surface area contributed by atoms with Crippen LogP contribution in [0.5, 0.6) is 0 Å². The molecule has 3 aliphatic heterocycles. The van der Waals surface area contributed by atoms with Gasteiger partial charge in [-0.2, -0.15) is 0 Å². The van der Waals surface area contributed by atoms with Gasteiger partial charge in [-0.3, -0.25) is 0 Å². The van der Waals surface area contributed by atoms with Gasteiger partial charge in [0.1, 0.15) is 0 Å². The Kier molecular flexibility index (Phi) is 1.57. The fraction of sp³-hybridized carbons (Fsp3) is 0.375. The Balaban J connectivity index is 2.18. The number of allylic oxidation sites excluding steroid dienone is 1. The van der Waals surface area contributed by atoms with Gasteiger partial charge < -0.3 is 4.90 Å². The molecule has 0 aromatic carbocycles. The Bertz CT molecular complexity index is 472. The average molecular weight is 212 g/mol. The molecule has 13 heavy (non-hydrogen) atoms. The molecule has 0 unspecified atom stereocenters. The van der Waals surface area contributed by atoms with Crippen molar-refractivity contribution in [2.24, 2.45) is 4.99 Å². The fourth-order valence-electron chi connectivity index (χ4n) is 1.58. The van der Waals surface area contributed by atoms with E-state index in [9.17, 15) is 4.21 Å². The lowest BCUT2D eigenvalue weighted by molar-refractivity contribution is 0.651. The molecule has 3 nitrogen and oxygen atoms in total. The molecule has 0 bridgehead atoms. The van der Waals surface area contributed by atoms with Gasteiger partial charge in [0.25, 0.3) is 0 Å². The zero-order valence-corrected chi connectivity index (χ0v) is 8.53. The minimum absolute atomic E-state index is 0.723. The highest BCUT2D eigenvalue weighted by molar-refractivity contribution is 8.04. The van der Waals surface area contributed by atoms with Crippen LogP contribution in [0.2, 0.25) is 0 Å². The van der Waals surface area contributed by atoms with E-state index in [0.717, 1.165) is 29.5 Å². The first kappa shape index (κ1) is 7.70. The van der Waals surface area contributed by atoms with Crippen molar-refractivity contribution < 1.29 is 4.21 Å². The smallest absolute Gasteiger partial charge is 0.216 e. The van der Waals surface area contributed by atoms with Crippen LogP contribution in [-0.4, -0.2) is 37.6 Å². The molecule has 0 N–H and O–H groups in total. The van der Waals surface area contributed by atoms with Crippen molar-refractivity contribution in [3.63, 3.8) is 0 Å². The lowest BCUT2D eigenvalue weighted by Gasteiger charge is -2.18. The summed E-state index contributed by atoms with van der Waals surface area (Å²) in [7, 11) is -0.973. The zero-order chi connectivity index (χ0) is 8.84. The van der Waals surface area contributed by atoms with E-state index in [1.807, 2.05) is 16.7 Å². The summed E-state index contributed by atoms with van der Waals surface area (Å²) in [6.45, 7) is 0.739. The Morgan fingerprint density at radius 2 is 2.54 bits per heavy atom. The van der Waals surface area contributed by atoms with Gasteiger partial charge in [-0.05, 0) is 0 Å². The van der Waals surface area contributed by atoms with Crippen LogP contribution in [0.4, 0.5) is 0 Å². The van der Waals surface area contributed by atoms with E-state index in [1.54, 1.807) is 5.37 Å². The van der Waals surface area contributed by atoms with Crippen molar-refractivity contribution in [1.82, 2.24) is 4.90 Å². The van der Waals surface area contributed by atoms with Crippen LogP contribution in [0, 0.1) is 0 Å². The predicted octanol–water partition coefficient (Wildman–Crippen LogP) is 0.373. The van der Waals surface area contributed by atoms with Crippen molar-refractivity contribution in [3.8, 4) is 0 Å². The van der Waals surface area contributed by atoms with Gasteiger partial charge in [0, 0.05) is 38.6 Å². The van der Waals surface area contributed by atoms with E-state index in [1.165, 1.54) is 4.91 Å². The number of hydrogen-bond donors (Lipinski definition) is 0. The number of rotatable bonds is 0. The van der Waals surface area contributed by atoms with Crippen molar-refractivity contribution >= 4 is 37.9 Å². The van der Waals surface area contributed by atoms with E-state index in [2.05, 4.69) is 11.2 Å². The highest BCUT2D eigenvalue weighted by atomic mass is 32.2. The van der Waals surface area contributed by atoms with Crippen molar-refractivity contribution in [2.45, 2.75) is 6.42 Å². The van der Waals surface area contributed by atoms with Crippen LogP contribution < -0.4 is 0 Å². The highest BCUT2D eigenvalue weighted by Crippen LogP contribution is 2.31. The van der Waals surface area contributed by atoms with Crippen molar-refractivity contribution in [1.29, 1.82) is 0 Å². The van der Waals surface area contributed by atoms with Gasteiger partial charge in [0.15, 0.2) is 0 Å². The monoisotopic (exact) mass is 212 g/mol. The van der Waals surface area contributed by atoms with Crippen LogP contribution >= 0.6 is 11.8 Å². The van der Waals surface area contributed by atoms with Gasteiger partial charge in [-0.1, -0.05) is 0 Å². The molecule has 0 amide bonds. The molecule has 3 rings (SSSR count). The van der Waals surface area contributed by atoms with Gasteiger partial charge in [-0.25, -0.2) is 9.20 Å². The number of nitrogens with zero attached hydrogens (tertiary/aromatic N) is 2. The third-order valence-corrected chi connectivity index (χ3v) is 4.43. The summed E-state index contributed by atoms with van der Waals surface area (Å²) >= 11 is 1.84. The fourth-order valence-corrected chi connectivity index (χ4v) is 3.61. The second kappa shape index (κ2) is 2.65. The Morgan fingerprint density at radius 1 is 1.62 bits per heavy atom. The number of thioether (sulfide) groups is 1. The van der Waals surface area contributed by atoms with E-state index in [4.69, 9.17) is 0 Å². The first-order chi connectivity index (χ1) is 6.34. The molecule has 0 radical (unpaired) electrons. The Morgan fingerprint density at radius 3 is 3.46 bits per heavy atom. The minimum atomic E-state index is -0.973. The second-order valence-electron chi connectivity index (χ2n) is 3.05. The molecular weight excluding hydrogens is 204 g/mol. The molecule has 1 saturated heterocycles. The third kappa shape index (κ3) is 1.07. The molecule has 0 atom stereocenters. The summed E-state index contributed by atoms with van der Waals surface area (Å²) in [4.78, 5) is 7.67. The maximum Gasteiger partial charge on any atom is 0.216 e. The quantitative estimate of drug-likeness (QED) is 0.544. The maximum atomic E-state index is 11.4. The van der Waals surface area contributed by atoms with Crippen LogP contribution in [0.3, 0.4) is 0 Å². The van der Waals surface area contributed by atoms with E-state index >= 15 is 0 Å². The van der Waals surface area contributed by atoms with E-state index in [0.29, 0.717) is 0 Å². The second-order valence-corrected chi connectivity index (χ2v) is 5.48. The molecule has 68 valence electrons. The first-order valence-electron chi connectivity index (χ1n) is 4.15. The molecule has 3 aliphatic rings. The molecular formula is C8H8N2OS2. The SMILES string of the molecule is O=S1=CCN2C=C3SCCC3=NC=12. The lowest BCUT2D eigenvalue weighted by atomic mass is 10.2. The lowest BCUT2D eigenvalue weighted by Crippen LogP contribution is -2.26. The van der Waals surface area contributed by atoms with Crippen LogP contribution in [-0.2, 0) is 9.98 Å². The summed E-state index contributed by atoms with van der Waals surface area (Å²) in [6, 6.07) is 0. The average Bonchev–Trinajstić information content (AvgIpc) is 2.70. The largest absolute Gasteiger partial charge is 0.317 e. The van der Waals surface area contributed by atoms with E-state index < -0.39 is 9.98 Å². The van der Waals surface area contributed by atoms with Gasteiger partial charge in [-0.15, -0.1) is 11.8 Å². The third-order valence-electron chi connectivity index (χ3n) is 2.23. The molecule has 0 spiro atoms. The highest BCUT2D eigenvalue weighted by Gasteiger charge is 2.25. The summed E-state index contributed by atoms with van der Waals surface area (Å²) in [5.41, 5.74) is 1.12. The molecule has 0 aromatic rings. The molecule has 5 heteroatoms. The summed E-state index contributed by atoms with van der Waals surface area (Å²) in [5, 5.41) is 2.52. The van der Waals surface area contributed by atoms with Crippen LogP contribution in [0.1, 0.15) is 6.42 Å². The normalized spacial score (nSPS) is 25.1. The molecule has 0 aromatic heterocycles. The van der Waals surface area contributed by atoms with E-state index in [-0.39, 0.29) is 0 Å². The number of fused-ring (bicyclic) bond motifs is 2. The van der Waals surface area contributed by atoms with Gasteiger partial charge in [0.05, 0.1) is 12.3 Å². The molecule has 1 fully saturated rings. The van der Waals surface area contributed by atoms with Crippen molar-refractivity contribution in [2.75, 3.05) is 12.3 Å². The summed E-state index contributed by atoms with van der Waals surface area (Å²) < 4.78 is 11.4. The van der Waals surface area contributed by atoms with Crippen molar-refractivity contribution in [3.05, 3.63) is 11.1 Å². The van der Waals surface area contributed by atoms with Gasteiger partial charge in [0.2, 0.25) is 5.11 Å². The minimum Gasteiger partial charge on any atom is -0.317 e. The summed E-state index contributed by atoms with van der Waals surface area (Å²) in [5.74, 6) is 1.11. The maximum absolute atomic E-state index is 11.4. The summed E-state index contributed by atoms with van der Waals surface area (Å²) in [6.07, 6.45) is 3.10. The topological polar surface area (TPSA) is 32.7 Å². The molecule has 0 saturated carbocycles. The molecule has 0 aliphatic carbocycles. The van der Waals surface area contributed by atoms with Crippen LogP contribution in [0.15, 0.2) is 16.1 Å². The Labute approximate surface area is 82.1 Å². The number of hydrogen-bond acceptors (Lipinski definition) is 4. The Hall–Kier alpha value is -0.680. The number of aliphatic imine (C=N–C) groups is 1. The molecule has 3 heterocycles. The predicted molar refractivity (Wildman–Crippen MR) is 58.5 cm³/mol. The zero-order valence-electron chi connectivity index (χ0n) is 6.90. The standard InChI is InChI=1S/C8H8N2OS2/c11-13-4-2-10-5-7-6(1-3-12-7)9-8(10)13/h4-5H,1-3H2.